The number of carbonyl (C=O) groups is 1. The first kappa shape index (κ1) is 16.3. The lowest BCUT2D eigenvalue weighted by Crippen LogP contribution is -2.34. The number of phenolic OH excluding ortho intramolecular Hbond substituents is 1. The SMILES string of the molecule is CC(=O)NCC(O)C(O)c1cc(C(F)(F)F)ccc1O. The van der Waals surface area contributed by atoms with E-state index in [2.05, 4.69) is 5.32 Å². The maximum atomic E-state index is 12.5. The zero-order valence-electron chi connectivity index (χ0n) is 10.5. The van der Waals surface area contributed by atoms with E-state index in [1.165, 1.54) is 6.92 Å². The van der Waals surface area contributed by atoms with Crippen LogP contribution in [0.1, 0.15) is 24.2 Å². The maximum Gasteiger partial charge on any atom is 0.416 e. The van der Waals surface area contributed by atoms with E-state index in [9.17, 15) is 33.3 Å². The summed E-state index contributed by atoms with van der Waals surface area (Å²) in [4.78, 5) is 10.7. The topological polar surface area (TPSA) is 89.8 Å². The smallest absolute Gasteiger partial charge is 0.416 e. The number of aliphatic hydroxyl groups is 2. The molecule has 0 aliphatic heterocycles. The summed E-state index contributed by atoms with van der Waals surface area (Å²) in [5, 5.41) is 31.0. The van der Waals surface area contributed by atoms with Crippen molar-refractivity contribution < 1.29 is 33.3 Å². The molecule has 0 bridgehead atoms. The van der Waals surface area contributed by atoms with Gasteiger partial charge in [0.05, 0.1) is 5.56 Å². The van der Waals surface area contributed by atoms with Gasteiger partial charge in [-0.1, -0.05) is 0 Å². The zero-order chi connectivity index (χ0) is 15.5. The first-order valence-corrected chi connectivity index (χ1v) is 5.63. The molecule has 0 heterocycles. The molecule has 2 atom stereocenters. The molecule has 0 aliphatic carbocycles. The summed E-state index contributed by atoms with van der Waals surface area (Å²) in [5.41, 5.74) is -1.52. The second-order valence-electron chi connectivity index (χ2n) is 4.22. The Morgan fingerprint density at radius 1 is 1.35 bits per heavy atom. The van der Waals surface area contributed by atoms with E-state index >= 15 is 0 Å². The molecule has 0 aromatic heterocycles. The highest BCUT2D eigenvalue weighted by Crippen LogP contribution is 2.35. The van der Waals surface area contributed by atoms with Crippen molar-refractivity contribution >= 4 is 5.91 Å². The molecule has 5 nitrogen and oxygen atoms in total. The van der Waals surface area contributed by atoms with Gasteiger partial charge in [0.2, 0.25) is 5.91 Å². The minimum Gasteiger partial charge on any atom is -0.508 e. The van der Waals surface area contributed by atoms with Crippen molar-refractivity contribution in [1.29, 1.82) is 0 Å². The van der Waals surface area contributed by atoms with Crippen molar-refractivity contribution in [2.75, 3.05) is 6.54 Å². The van der Waals surface area contributed by atoms with Crippen LogP contribution in [-0.4, -0.2) is 33.9 Å². The normalized spacial score (nSPS) is 14.7. The summed E-state index contributed by atoms with van der Waals surface area (Å²) in [7, 11) is 0. The number of benzene rings is 1. The lowest BCUT2D eigenvalue weighted by Gasteiger charge is -2.20. The number of aliphatic hydroxyl groups excluding tert-OH is 2. The van der Waals surface area contributed by atoms with Crippen LogP contribution in [0.3, 0.4) is 0 Å². The van der Waals surface area contributed by atoms with Crippen LogP contribution in [0, 0.1) is 0 Å². The van der Waals surface area contributed by atoms with Crippen LogP contribution in [0.2, 0.25) is 0 Å². The van der Waals surface area contributed by atoms with Gasteiger partial charge in [0, 0.05) is 19.0 Å². The van der Waals surface area contributed by atoms with Gasteiger partial charge in [0.25, 0.3) is 0 Å². The van der Waals surface area contributed by atoms with E-state index in [1.54, 1.807) is 0 Å². The fourth-order valence-corrected chi connectivity index (χ4v) is 1.53. The minimum atomic E-state index is -4.63. The zero-order valence-corrected chi connectivity index (χ0v) is 10.5. The van der Waals surface area contributed by atoms with Crippen molar-refractivity contribution in [3.8, 4) is 5.75 Å². The molecule has 2 unspecified atom stereocenters. The lowest BCUT2D eigenvalue weighted by molar-refractivity contribution is -0.137. The number of nitrogens with one attached hydrogen (secondary N) is 1. The number of phenols is 1. The summed E-state index contributed by atoms with van der Waals surface area (Å²) >= 11 is 0. The Morgan fingerprint density at radius 3 is 2.45 bits per heavy atom. The van der Waals surface area contributed by atoms with Crippen molar-refractivity contribution in [1.82, 2.24) is 5.32 Å². The molecule has 112 valence electrons. The molecule has 20 heavy (non-hydrogen) atoms. The molecule has 1 amide bonds. The number of amides is 1. The predicted molar refractivity (Wildman–Crippen MR) is 62.8 cm³/mol. The summed E-state index contributed by atoms with van der Waals surface area (Å²) in [5.74, 6) is -1.04. The van der Waals surface area contributed by atoms with E-state index in [-0.39, 0.29) is 6.54 Å². The Balaban J connectivity index is 2.97. The molecular formula is C12H14F3NO4. The van der Waals surface area contributed by atoms with Crippen LogP contribution in [0.15, 0.2) is 18.2 Å². The molecule has 4 N–H and O–H groups in total. The molecule has 1 rings (SSSR count). The maximum absolute atomic E-state index is 12.5. The Morgan fingerprint density at radius 2 is 1.95 bits per heavy atom. The van der Waals surface area contributed by atoms with Gasteiger partial charge in [0.1, 0.15) is 18.0 Å². The van der Waals surface area contributed by atoms with Crippen LogP contribution < -0.4 is 5.32 Å². The number of hydrogen-bond acceptors (Lipinski definition) is 4. The number of alkyl halides is 3. The van der Waals surface area contributed by atoms with Crippen molar-refractivity contribution in [3.05, 3.63) is 29.3 Å². The first-order valence-electron chi connectivity index (χ1n) is 5.63. The standard InChI is InChI=1S/C12H14F3NO4/c1-6(17)16-5-10(19)11(20)8-4-7(12(13,14)15)2-3-9(8)18/h2-4,10-11,18-20H,5H2,1H3,(H,16,17). The molecule has 0 aliphatic rings. The summed E-state index contributed by atoms with van der Waals surface area (Å²) < 4.78 is 37.6. The molecule has 0 saturated carbocycles. The van der Waals surface area contributed by atoms with E-state index in [1.807, 2.05) is 0 Å². The van der Waals surface area contributed by atoms with Gasteiger partial charge in [0.15, 0.2) is 0 Å². The third-order valence-electron chi connectivity index (χ3n) is 2.60. The fraction of sp³-hybridized carbons (Fsp3) is 0.417. The third-order valence-corrected chi connectivity index (χ3v) is 2.60. The first-order chi connectivity index (χ1) is 9.12. The molecular weight excluding hydrogens is 279 g/mol. The molecule has 8 heteroatoms. The molecule has 0 radical (unpaired) electrons. The Labute approximate surface area is 112 Å². The number of carbonyl (C=O) groups excluding carboxylic acids is 1. The highest BCUT2D eigenvalue weighted by molar-refractivity contribution is 5.72. The molecule has 1 aromatic carbocycles. The van der Waals surface area contributed by atoms with Crippen LogP contribution in [0.5, 0.6) is 5.75 Å². The summed E-state index contributed by atoms with van der Waals surface area (Å²) in [6.07, 6.45) is -7.94. The second kappa shape index (κ2) is 6.10. The fourth-order valence-electron chi connectivity index (χ4n) is 1.53. The van der Waals surface area contributed by atoms with Gasteiger partial charge in [-0.25, -0.2) is 0 Å². The van der Waals surface area contributed by atoms with Crippen molar-refractivity contribution in [2.45, 2.75) is 25.3 Å². The van der Waals surface area contributed by atoms with Crippen LogP contribution in [0.4, 0.5) is 13.2 Å². The van der Waals surface area contributed by atoms with Gasteiger partial charge in [-0.3, -0.25) is 4.79 Å². The average molecular weight is 293 g/mol. The molecule has 1 aromatic rings. The van der Waals surface area contributed by atoms with Crippen LogP contribution >= 0.6 is 0 Å². The van der Waals surface area contributed by atoms with E-state index in [0.717, 1.165) is 6.07 Å². The minimum absolute atomic E-state index is 0.355. The summed E-state index contributed by atoms with van der Waals surface area (Å²) in [6, 6.07) is 2.00. The number of halogens is 3. The quantitative estimate of drug-likeness (QED) is 0.665. The predicted octanol–water partition coefficient (Wildman–Crippen LogP) is 0.941. The summed E-state index contributed by atoms with van der Waals surface area (Å²) in [6.45, 7) is 0.826. The van der Waals surface area contributed by atoms with E-state index in [0.29, 0.717) is 12.1 Å². The van der Waals surface area contributed by atoms with Gasteiger partial charge in [-0.05, 0) is 18.2 Å². The van der Waals surface area contributed by atoms with E-state index in [4.69, 9.17) is 0 Å². The van der Waals surface area contributed by atoms with Gasteiger partial charge in [-0.15, -0.1) is 0 Å². The Kier molecular flexibility index (Phi) is 4.96. The highest BCUT2D eigenvalue weighted by Gasteiger charge is 2.32. The third kappa shape index (κ3) is 4.10. The van der Waals surface area contributed by atoms with Gasteiger partial charge < -0.3 is 20.6 Å². The van der Waals surface area contributed by atoms with Gasteiger partial charge >= 0.3 is 6.18 Å². The monoisotopic (exact) mass is 293 g/mol. The molecule has 0 spiro atoms. The average Bonchev–Trinajstić information content (AvgIpc) is 2.34. The number of hydrogen-bond donors (Lipinski definition) is 4. The Bertz CT molecular complexity index is 490. The molecule has 0 fully saturated rings. The lowest BCUT2D eigenvalue weighted by atomic mass is 10.0. The van der Waals surface area contributed by atoms with Crippen LogP contribution in [0.25, 0.3) is 0 Å². The molecule has 0 saturated heterocycles. The number of aromatic hydroxyl groups is 1. The van der Waals surface area contributed by atoms with Gasteiger partial charge in [-0.2, -0.15) is 13.2 Å². The van der Waals surface area contributed by atoms with Crippen molar-refractivity contribution in [3.63, 3.8) is 0 Å². The second-order valence-corrected chi connectivity index (χ2v) is 4.22. The Hall–Kier alpha value is -1.80. The van der Waals surface area contributed by atoms with E-state index < -0.39 is 41.2 Å². The largest absolute Gasteiger partial charge is 0.508 e. The highest BCUT2D eigenvalue weighted by atomic mass is 19.4. The number of rotatable bonds is 4. The van der Waals surface area contributed by atoms with Crippen molar-refractivity contribution in [2.24, 2.45) is 0 Å². The van der Waals surface area contributed by atoms with Crippen LogP contribution in [-0.2, 0) is 11.0 Å².